The summed E-state index contributed by atoms with van der Waals surface area (Å²) in [5.41, 5.74) is -0.283. The SMILES string of the molecule is COC1CC(c2ccc(B(O)O)c(F)c2)N(C(=O)OC(C)(C)C)C1. The van der Waals surface area contributed by atoms with Gasteiger partial charge in [-0.25, -0.2) is 9.18 Å². The van der Waals surface area contributed by atoms with Gasteiger partial charge in [-0.2, -0.15) is 0 Å². The lowest BCUT2D eigenvalue weighted by molar-refractivity contribution is 0.0194. The largest absolute Gasteiger partial charge is 0.491 e. The lowest BCUT2D eigenvalue weighted by Gasteiger charge is -2.28. The topological polar surface area (TPSA) is 79.2 Å². The predicted molar refractivity (Wildman–Crippen MR) is 87.3 cm³/mol. The number of amides is 1. The molecule has 1 amide bonds. The van der Waals surface area contributed by atoms with E-state index in [0.717, 1.165) is 0 Å². The fraction of sp³-hybridized carbons (Fsp3) is 0.562. The molecule has 1 aliphatic heterocycles. The Morgan fingerprint density at radius 1 is 1.38 bits per heavy atom. The van der Waals surface area contributed by atoms with Crippen molar-refractivity contribution in [3.05, 3.63) is 29.6 Å². The van der Waals surface area contributed by atoms with Gasteiger partial charge in [0.1, 0.15) is 11.4 Å². The Balaban J connectivity index is 2.28. The Hall–Kier alpha value is -1.64. The molecule has 1 heterocycles. The fourth-order valence-corrected chi connectivity index (χ4v) is 2.77. The van der Waals surface area contributed by atoms with Crippen LogP contribution in [0.15, 0.2) is 18.2 Å². The van der Waals surface area contributed by atoms with E-state index in [0.29, 0.717) is 18.5 Å². The predicted octanol–water partition coefficient (Wildman–Crippen LogP) is 1.20. The van der Waals surface area contributed by atoms with Crippen LogP contribution in [0.4, 0.5) is 9.18 Å². The zero-order valence-electron chi connectivity index (χ0n) is 14.3. The second-order valence-corrected chi connectivity index (χ2v) is 6.90. The molecule has 0 radical (unpaired) electrons. The zero-order valence-corrected chi connectivity index (χ0v) is 14.3. The number of methoxy groups -OCH3 is 1. The molecule has 1 aromatic rings. The van der Waals surface area contributed by atoms with Gasteiger partial charge >= 0.3 is 13.2 Å². The molecule has 0 saturated carbocycles. The van der Waals surface area contributed by atoms with Gasteiger partial charge in [-0.1, -0.05) is 12.1 Å². The van der Waals surface area contributed by atoms with E-state index < -0.39 is 30.7 Å². The average molecular weight is 339 g/mol. The summed E-state index contributed by atoms with van der Waals surface area (Å²) in [5.74, 6) is -0.729. The van der Waals surface area contributed by atoms with Gasteiger partial charge in [0, 0.05) is 19.0 Å². The third kappa shape index (κ3) is 4.26. The number of nitrogens with zero attached hydrogens (tertiary/aromatic N) is 1. The minimum Gasteiger partial charge on any atom is -0.444 e. The van der Waals surface area contributed by atoms with Crippen molar-refractivity contribution < 1.29 is 28.7 Å². The maximum absolute atomic E-state index is 14.0. The van der Waals surface area contributed by atoms with Gasteiger partial charge in [0.05, 0.1) is 18.7 Å². The highest BCUT2D eigenvalue weighted by Crippen LogP contribution is 2.34. The first-order valence-electron chi connectivity index (χ1n) is 7.80. The number of rotatable bonds is 3. The molecule has 1 aliphatic rings. The molecule has 1 fully saturated rings. The van der Waals surface area contributed by atoms with Crippen molar-refractivity contribution in [3.8, 4) is 0 Å². The second kappa shape index (κ2) is 7.08. The molecule has 8 heteroatoms. The summed E-state index contributed by atoms with van der Waals surface area (Å²) in [7, 11) is -0.317. The molecule has 0 spiro atoms. The van der Waals surface area contributed by atoms with E-state index in [1.165, 1.54) is 17.0 Å². The van der Waals surface area contributed by atoms with Crippen LogP contribution >= 0.6 is 0 Å². The first kappa shape index (κ1) is 18.7. The van der Waals surface area contributed by atoms with Gasteiger partial charge in [0.25, 0.3) is 0 Å². The van der Waals surface area contributed by atoms with Crippen molar-refractivity contribution >= 4 is 18.7 Å². The Morgan fingerprint density at radius 2 is 2.04 bits per heavy atom. The number of hydrogen-bond donors (Lipinski definition) is 2. The fourth-order valence-electron chi connectivity index (χ4n) is 2.77. The van der Waals surface area contributed by atoms with E-state index in [1.807, 2.05) is 0 Å². The van der Waals surface area contributed by atoms with E-state index >= 15 is 0 Å². The minimum atomic E-state index is -1.88. The maximum Gasteiger partial charge on any atom is 0.491 e. The van der Waals surface area contributed by atoms with Gasteiger partial charge in [-0.15, -0.1) is 0 Å². The van der Waals surface area contributed by atoms with Crippen molar-refractivity contribution in [2.75, 3.05) is 13.7 Å². The lowest BCUT2D eigenvalue weighted by atomic mass is 9.79. The quantitative estimate of drug-likeness (QED) is 0.809. The van der Waals surface area contributed by atoms with Crippen molar-refractivity contribution in [2.24, 2.45) is 0 Å². The molecule has 2 unspecified atom stereocenters. The number of likely N-dealkylation sites (tertiary alicyclic amines) is 1. The van der Waals surface area contributed by atoms with Crippen LogP contribution in [0.3, 0.4) is 0 Å². The zero-order chi connectivity index (χ0) is 18.1. The highest BCUT2D eigenvalue weighted by Gasteiger charge is 2.39. The minimum absolute atomic E-state index is 0.173. The average Bonchev–Trinajstić information content (AvgIpc) is 2.89. The van der Waals surface area contributed by atoms with E-state index in [2.05, 4.69) is 0 Å². The number of hydrogen-bond acceptors (Lipinski definition) is 5. The Labute approximate surface area is 141 Å². The number of halogens is 1. The van der Waals surface area contributed by atoms with E-state index in [-0.39, 0.29) is 11.6 Å². The van der Waals surface area contributed by atoms with E-state index in [1.54, 1.807) is 33.9 Å². The van der Waals surface area contributed by atoms with Crippen LogP contribution in [0.2, 0.25) is 0 Å². The summed E-state index contributed by atoms with van der Waals surface area (Å²) in [5, 5.41) is 18.2. The molecule has 0 aromatic heterocycles. The number of carbonyl (C=O) groups excluding carboxylic acids is 1. The van der Waals surface area contributed by atoms with Gasteiger partial charge < -0.3 is 19.5 Å². The van der Waals surface area contributed by atoms with Crippen LogP contribution in [0.25, 0.3) is 0 Å². The van der Waals surface area contributed by atoms with Crippen molar-refractivity contribution in [1.29, 1.82) is 0 Å². The molecule has 0 aliphatic carbocycles. The first-order chi connectivity index (χ1) is 11.1. The van der Waals surface area contributed by atoms with Crippen molar-refractivity contribution in [2.45, 2.75) is 44.9 Å². The van der Waals surface area contributed by atoms with Crippen molar-refractivity contribution in [3.63, 3.8) is 0 Å². The lowest BCUT2D eigenvalue weighted by Crippen LogP contribution is -2.37. The Morgan fingerprint density at radius 3 is 2.54 bits per heavy atom. The summed E-state index contributed by atoms with van der Waals surface area (Å²) in [6.07, 6.45) is -0.150. The van der Waals surface area contributed by atoms with Gasteiger partial charge in [-0.05, 0) is 32.4 Å². The summed E-state index contributed by atoms with van der Waals surface area (Å²) in [6, 6.07) is 3.71. The molecule has 1 saturated heterocycles. The first-order valence-corrected chi connectivity index (χ1v) is 7.80. The monoisotopic (exact) mass is 339 g/mol. The number of ether oxygens (including phenoxy) is 2. The molecule has 24 heavy (non-hydrogen) atoms. The molecule has 0 bridgehead atoms. The molecule has 6 nitrogen and oxygen atoms in total. The van der Waals surface area contributed by atoms with Crippen LogP contribution in [-0.2, 0) is 9.47 Å². The summed E-state index contributed by atoms with van der Waals surface area (Å²) < 4.78 is 24.8. The summed E-state index contributed by atoms with van der Waals surface area (Å²) in [4.78, 5) is 14.0. The van der Waals surface area contributed by atoms with Gasteiger partial charge in [0.2, 0.25) is 0 Å². The Kier molecular flexibility index (Phi) is 5.52. The molecule has 1 aromatic carbocycles. The third-order valence-corrected chi connectivity index (χ3v) is 3.91. The second-order valence-electron chi connectivity index (χ2n) is 6.90. The third-order valence-electron chi connectivity index (χ3n) is 3.91. The van der Waals surface area contributed by atoms with Crippen LogP contribution in [0.5, 0.6) is 0 Å². The van der Waals surface area contributed by atoms with Gasteiger partial charge in [-0.3, -0.25) is 4.90 Å². The standard InChI is InChI=1S/C16H23BFNO5/c1-16(2,3)24-15(20)19-9-11(23-4)8-14(19)10-5-6-12(17(21)22)13(18)7-10/h5-7,11,14,21-22H,8-9H2,1-4H3. The van der Waals surface area contributed by atoms with E-state index in [9.17, 15) is 9.18 Å². The molecular formula is C16H23BFNO5. The molecular weight excluding hydrogens is 316 g/mol. The molecule has 2 atom stereocenters. The summed E-state index contributed by atoms with van der Waals surface area (Å²) in [6.45, 7) is 5.69. The number of benzene rings is 1. The van der Waals surface area contributed by atoms with Crippen LogP contribution in [0.1, 0.15) is 38.8 Å². The molecule has 2 N–H and O–H groups in total. The van der Waals surface area contributed by atoms with Crippen LogP contribution < -0.4 is 5.46 Å². The highest BCUT2D eigenvalue weighted by molar-refractivity contribution is 6.58. The number of carbonyl (C=O) groups is 1. The maximum atomic E-state index is 14.0. The van der Waals surface area contributed by atoms with Crippen LogP contribution in [-0.4, -0.2) is 53.5 Å². The normalized spacial score (nSPS) is 21.0. The highest BCUT2D eigenvalue weighted by atomic mass is 19.1. The van der Waals surface area contributed by atoms with Gasteiger partial charge in [0.15, 0.2) is 0 Å². The molecule has 2 rings (SSSR count). The van der Waals surface area contributed by atoms with Crippen molar-refractivity contribution in [1.82, 2.24) is 4.90 Å². The smallest absolute Gasteiger partial charge is 0.444 e. The van der Waals surface area contributed by atoms with Crippen LogP contribution in [0, 0.1) is 5.82 Å². The molecule has 132 valence electrons. The Bertz CT molecular complexity index is 605. The van der Waals surface area contributed by atoms with E-state index in [4.69, 9.17) is 19.5 Å². The summed E-state index contributed by atoms with van der Waals surface area (Å²) >= 11 is 0.